The van der Waals surface area contributed by atoms with Crippen molar-refractivity contribution in [2.24, 2.45) is 0 Å². The number of nitrogens with zero attached hydrogens (tertiary/aromatic N) is 1. The molecule has 2 rings (SSSR count). The third-order valence-corrected chi connectivity index (χ3v) is 2.53. The van der Waals surface area contributed by atoms with Crippen LogP contribution in [0.3, 0.4) is 0 Å². The quantitative estimate of drug-likeness (QED) is 0.765. The summed E-state index contributed by atoms with van der Waals surface area (Å²) in [5.74, 6) is 0.665. The molecule has 0 fully saturated rings. The van der Waals surface area contributed by atoms with Crippen LogP contribution in [0.2, 0.25) is 0 Å². The van der Waals surface area contributed by atoms with Crippen molar-refractivity contribution in [2.45, 2.75) is 26.7 Å². The fourth-order valence-corrected chi connectivity index (χ4v) is 1.64. The molecular weight excluding hydrogens is 205 g/mol. The van der Waals surface area contributed by atoms with Crippen LogP contribution in [0.15, 0.2) is 28.8 Å². The third kappa shape index (κ3) is 1.98. The Morgan fingerprint density at radius 3 is 2.56 bits per heavy atom. The lowest BCUT2D eigenvalue weighted by atomic mass is 9.99. The van der Waals surface area contributed by atoms with E-state index < -0.39 is 0 Å². The standard InChI is InChI=1S/C13H14FNO/c1-8(2)11-7-10(4-5-12(11)14)13-6-9(3)15-16-13/h4-8H,1-3H3. The minimum Gasteiger partial charge on any atom is -0.356 e. The van der Waals surface area contributed by atoms with Crippen molar-refractivity contribution in [3.05, 3.63) is 41.3 Å². The van der Waals surface area contributed by atoms with Gasteiger partial charge in [0.15, 0.2) is 5.76 Å². The molecule has 0 atom stereocenters. The second-order valence-electron chi connectivity index (χ2n) is 4.22. The molecule has 2 nitrogen and oxygen atoms in total. The molecule has 0 bridgehead atoms. The zero-order valence-electron chi connectivity index (χ0n) is 9.62. The molecule has 0 spiro atoms. The minimum atomic E-state index is -0.171. The first-order valence-electron chi connectivity index (χ1n) is 5.31. The average Bonchev–Trinajstić information content (AvgIpc) is 2.65. The fourth-order valence-electron chi connectivity index (χ4n) is 1.64. The Kier molecular flexibility index (Phi) is 2.77. The van der Waals surface area contributed by atoms with Gasteiger partial charge in [-0.3, -0.25) is 0 Å². The Hall–Kier alpha value is -1.64. The van der Waals surface area contributed by atoms with Crippen molar-refractivity contribution in [1.29, 1.82) is 0 Å². The Bertz CT molecular complexity index is 502. The van der Waals surface area contributed by atoms with Crippen LogP contribution < -0.4 is 0 Å². The Morgan fingerprint density at radius 2 is 2.00 bits per heavy atom. The maximum atomic E-state index is 13.5. The summed E-state index contributed by atoms with van der Waals surface area (Å²) in [7, 11) is 0. The van der Waals surface area contributed by atoms with E-state index in [9.17, 15) is 4.39 Å². The summed E-state index contributed by atoms with van der Waals surface area (Å²) in [6.07, 6.45) is 0. The van der Waals surface area contributed by atoms with Gasteiger partial charge >= 0.3 is 0 Å². The first-order chi connectivity index (χ1) is 7.58. The molecule has 3 heteroatoms. The highest BCUT2D eigenvalue weighted by atomic mass is 19.1. The first kappa shape index (κ1) is 10.9. The lowest BCUT2D eigenvalue weighted by molar-refractivity contribution is 0.427. The van der Waals surface area contributed by atoms with E-state index in [0.29, 0.717) is 11.3 Å². The number of aryl methyl sites for hydroxylation is 1. The topological polar surface area (TPSA) is 26.0 Å². The number of rotatable bonds is 2. The molecule has 0 radical (unpaired) electrons. The van der Waals surface area contributed by atoms with Gasteiger partial charge in [-0.25, -0.2) is 4.39 Å². The van der Waals surface area contributed by atoms with Gasteiger partial charge in [-0.2, -0.15) is 0 Å². The van der Waals surface area contributed by atoms with Gasteiger partial charge < -0.3 is 4.52 Å². The lowest BCUT2D eigenvalue weighted by Crippen LogP contribution is -1.93. The fraction of sp³-hybridized carbons (Fsp3) is 0.308. The van der Waals surface area contributed by atoms with E-state index >= 15 is 0 Å². The van der Waals surface area contributed by atoms with Crippen molar-refractivity contribution >= 4 is 0 Å². The first-order valence-corrected chi connectivity index (χ1v) is 5.31. The summed E-state index contributed by atoms with van der Waals surface area (Å²) < 4.78 is 18.6. The number of aromatic nitrogens is 1. The van der Waals surface area contributed by atoms with E-state index in [2.05, 4.69) is 5.16 Å². The van der Waals surface area contributed by atoms with Gasteiger partial charge in [0.1, 0.15) is 5.82 Å². The van der Waals surface area contributed by atoms with E-state index in [4.69, 9.17) is 4.52 Å². The SMILES string of the molecule is Cc1cc(-c2ccc(F)c(C(C)C)c2)on1. The van der Waals surface area contributed by atoms with Crippen LogP contribution >= 0.6 is 0 Å². The molecule has 0 N–H and O–H groups in total. The van der Waals surface area contributed by atoms with E-state index in [0.717, 1.165) is 11.3 Å². The van der Waals surface area contributed by atoms with Gasteiger partial charge in [-0.1, -0.05) is 19.0 Å². The average molecular weight is 219 g/mol. The third-order valence-electron chi connectivity index (χ3n) is 2.53. The van der Waals surface area contributed by atoms with E-state index in [1.165, 1.54) is 6.07 Å². The Labute approximate surface area is 94.1 Å². The van der Waals surface area contributed by atoms with Gasteiger partial charge in [0.25, 0.3) is 0 Å². The molecule has 0 aliphatic carbocycles. The van der Waals surface area contributed by atoms with Gasteiger partial charge in [0, 0.05) is 11.6 Å². The molecule has 84 valence electrons. The van der Waals surface area contributed by atoms with Crippen LogP contribution in [-0.2, 0) is 0 Å². The van der Waals surface area contributed by atoms with E-state index in [1.54, 1.807) is 6.07 Å². The molecule has 0 aliphatic rings. The highest BCUT2D eigenvalue weighted by molar-refractivity contribution is 5.58. The number of hydrogen-bond acceptors (Lipinski definition) is 2. The van der Waals surface area contributed by atoms with Crippen molar-refractivity contribution in [2.75, 3.05) is 0 Å². The molecule has 0 saturated carbocycles. The van der Waals surface area contributed by atoms with Crippen LogP contribution in [0.25, 0.3) is 11.3 Å². The molecule has 1 aromatic carbocycles. The monoisotopic (exact) mass is 219 g/mol. The Balaban J connectivity index is 2.47. The van der Waals surface area contributed by atoms with Crippen molar-refractivity contribution in [1.82, 2.24) is 5.16 Å². The van der Waals surface area contributed by atoms with Crippen molar-refractivity contribution < 1.29 is 8.91 Å². The number of benzene rings is 1. The zero-order valence-corrected chi connectivity index (χ0v) is 9.62. The summed E-state index contributed by atoms with van der Waals surface area (Å²) in [6, 6.07) is 6.85. The lowest BCUT2D eigenvalue weighted by Gasteiger charge is -2.07. The van der Waals surface area contributed by atoms with Crippen LogP contribution in [0.4, 0.5) is 4.39 Å². The highest BCUT2D eigenvalue weighted by Gasteiger charge is 2.10. The maximum Gasteiger partial charge on any atom is 0.167 e. The predicted molar refractivity (Wildman–Crippen MR) is 60.7 cm³/mol. The molecule has 0 unspecified atom stereocenters. The highest BCUT2D eigenvalue weighted by Crippen LogP contribution is 2.26. The molecule has 0 amide bonds. The summed E-state index contributed by atoms with van der Waals surface area (Å²) in [5.41, 5.74) is 2.39. The maximum absolute atomic E-state index is 13.5. The van der Waals surface area contributed by atoms with Crippen LogP contribution in [0.1, 0.15) is 31.0 Å². The van der Waals surface area contributed by atoms with Crippen molar-refractivity contribution in [3.8, 4) is 11.3 Å². The second kappa shape index (κ2) is 4.08. The van der Waals surface area contributed by atoms with Crippen LogP contribution in [-0.4, -0.2) is 5.16 Å². The molecule has 0 aliphatic heterocycles. The molecule has 1 aromatic heterocycles. The second-order valence-corrected chi connectivity index (χ2v) is 4.22. The van der Waals surface area contributed by atoms with Gasteiger partial charge in [-0.05, 0) is 36.6 Å². The Morgan fingerprint density at radius 1 is 1.25 bits per heavy atom. The van der Waals surface area contributed by atoms with Gasteiger partial charge in [-0.15, -0.1) is 0 Å². The number of hydrogen-bond donors (Lipinski definition) is 0. The van der Waals surface area contributed by atoms with E-state index in [-0.39, 0.29) is 11.7 Å². The molecule has 16 heavy (non-hydrogen) atoms. The van der Waals surface area contributed by atoms with Gasteiger partial charge in [0.2, 0.25) is 0 Å². The van der Waals surface area contributed by atoms with Gasteiger partial charge in [0.05, 0.1) is 5.69 Å². The smallest absolute Gasteiger partial charge is 0.167 e. The molecule has 0 saturated heterocycles. The zero-order chi connectivity index (χ0) is 11.7. The molecule has 1 heterocycles. The largest absolute Gasteiger partial charge is 0.356 e. The predicted octanol–water partition coefficient (Wildman–Crippen LogP) is 3.91. The minimum absolute atomic E-state index is 0.156. The molecular formula is C13H14FNO. The summed E-state index contributed by atoms with van der Waals surface area (Å²) in [6.45, 7) is 5.79. The van der Waals surface area contributed by atoms with Crippen LogP contribution in [0.5, 0.6) is 0 Å². The van der Waals surface area contributed by atoms with Crippen LogP contribution in [0, 0.1) is 12.7 Å². The molecule has 2 aromatic rings. The normalized spacial score (nSPS) is 11.1. The summed E-state index contributed by atoms with van der Waals surface area (Å²) in [5, 5.41) is 3.82. The summed E-state index contributed by atoms with van der Waals surface area (Å²) in [4.78, 5) is 0. The number of halogens is 1. The van der Waals surface area contributed by atoms with Crippen molar-refractivity contribution in [3.63, 3.8) is 0 Å². The van der Waals surface area contributed by atoms with E-state index in [1.807, 2.05) is 32.9 Å². The summed E-state index contributed by atoms with van der Waals surface area (Å²) >= 11 is 0.